The molecule has 0 saturated carbocycles. The molecule has 2 aromatic heterocycles. The van der Waals surface area contributed by atoms with E-state index in [-0.39, 0.29) is 0 Å². The van der Waals surface area contributed by atoms with Crippen molar-refractivity contribution in [1.82, 2.24) is 19.9 Å². The van der Waals surface area contributed by atoms with Crippen molar-refractivity contribution in [2.45, 2.75) is 13.5 Å². The number of rotatable bonds is 4. The highest BCUT2D eigenvalue weighted by molar-refractivity contribution is 5.87. The zero-order valence-corrected chi connectivity index (χ0v) is 10.9. The highest BCUT2D eigenvalue weighted by Crippen LogP contribution is 2.21. The minimum atomic E-state index is 0.781. The molecule has 1 aromatic carbocycles. The average Bonchev–Trinajstić information content (AvgIpc) is 2.98. The zero-order valence-electron chi connectivity index (χ0n) is 10.9. The lowest BCUT2D eigenvalue weighted by molar-refractivity contribution is 0.712. The summed E-state index contributed by atoms with van der Waals surface area (Å²) in [6, 6.07) is 10.3. The van der Waals surface area contributed by atoms with Gasteiger partial charge < -0.3 is 9.88 Å². The van der Waals surface area contributed by atoms with Crippen LogP contribution in [0.15, 0.2) is 49.1 Å². The van der Waals surface area contributed by atoms with E-state index in [4.69, 9.17) is 0 Å². The summed E-state index contributed by atoms with van der Waals surface area (Å²) >= 11 is 0. The first kappa shape index (κ1) is 11.9. The molecule has 0 spiro atoms. The van der Waals surface area contributed by atoms with E-state index in [0.29, 0.717) is 0 Å². The largest absolute Gasteiger partial charge is 0.311 e. The third-order valence-corrected chi connectivity index (χ3v) is 3.09. The molecule has 0 amide bonds. The summed E-state index contributed by atoms with van der Waals surface area (Å²) in [5.74, 6) is 0. The first-order valence-electron chi connectivity index (χ1n) is 6.46. The van der Waals surface area contributed by atoms with Crippen LogP contribution in [0.3, 0.4) is 0 Å². The van der Waals surface area contributed by atoms with Gasteiger partial charge in [-0.15, -0.1) is 0 Å². The number of pyridine rings is 1. The van der Waals surface area contributed by atoms with Gasteiger partial charge in [0.1, 0.15) is 0 Å². The van der Waals surface area contributed by atoms with Crippen LogP contribution in [-0.4, -0.2) is 21.1 Å². The lowest BCUT2D eigenvalue weighted by Gasteiger charge is -2.10. The lowest BCUT2D eigenvalue weighted by Crippen LogP contribution is -2.13. The summed E-state index contributed by atoms with van der Waals surface area (Å²) in [5, 5.41) is 4.45. The fraction of sp³-hybridized carbons (Fsp3) is 0.200. The number of fused-ring (bicyclic) bond motifs is 1. The molecule has 96 valence electrons. The smallest absolute Gasteiger partial charge is 0.0991 e. The van der Waals surface area contributed by atoms with Crippen molar-refractivity contribution in [3.8, 4) is 5.69 Å². The van der Waals surface area contributed by atoms with Crippen molar-refractivity contribution >= 4 is 10.9 Å². The number of nitrogens with zero attached hydrogens (tertiary/aromatic N) is 3. The summed E-state index contributed by atoms with van der Waals surface area (Å²) in [6.45, 7) is 3.82. The summed E-state index contributed by atoms with van der Waals surface area (Å²) in [7, 11) is 0. The SMILES string of the molecule is CCNCc1cc(-n2ccnc2)c2ccccc2n1. The highest BCUT2D eigenvalue weighted by Gasteiger charge is 2.06. The summed E-state index contributed by atoms with van der Waals surface area (Å²) in [4.78, 5) is 8.81. The second kappa shape index (κ2) is 5.20. The number of nitrogens with one attached hydrogen (secondary N) is 1. The predicted octanol–water partition coefficient (Wildman–Crippen LogP) is 2.53. The topological polar surface area (TPSA) is 42.7 Å². The maximum absolute atomic E-state index is 4.69. The Morgan fingerprint density at radius 2 is 2.16 bits per heavy atom. The van der Waals surface area contributed by atoms with Gasteiger partial charge >= 0.3 is 0 Å². The van der Waals surface area contributed by atoms with E-state index in [0.717, 1.165) is 35.4 Å². The molecule has 3 aromatic rings. The van der Waals surface area contributed by atoms with E-state index in [9.17, 15) is 0 Å². The van der Waals surface area contributed by atoms with Crippen LogP contribution in [0.5, 0.6) is 0 Å². The second-order valence-corrected chi connectivity index (χ2v) is 4.40. The molecule has 0 atom stereocenters. The molecule has 0 aliphatic carbocycles. The maximum Gasteiger partial charge on any atom is 0.0991 e. The minimum absolute atomic E-state index is 0.781. The Balaban J connectivity index is 2.17. The van der Waals surface area contributed by atoms with Crippen LogP contribution in [0.25, 0.3) is 16.6 Å². The fourth-order valence-corrected chi connectivity index (χ4v) is 2.17. The first-order chi connectivity index (χ1) is 9.38. The summed E-state index contributed by atoms with van der Waals surface area (Å²) in [6.07, 6.45) is 5.57. The van der Waals surface area contributed by atoms with E-state index < -0.39 is 0 Å². The predicted molar refractivity (Wildman–Crippen MR) is 76.2 cm³/mol. The lowest BCUT2D eigenvalue weighted by atomic mass is 10.1. The first-order valence-corrected chi connectivity index (χ1v) is 6.46. The van der Waals surface area contributed by atoms with Gasteiger partial charge in [-0.05, 0) is 18.7 Å². The van der Waals surface area contributed by atoms with Gasteiger partial charge in [-0.3, -0.25) is 4.98 Å². The van der Waals surface area contributed by atoms with Crippen LogP contribution < -0.4 is 5.32 Å². The second-order valence-electron chi connectivity index (χ2n) is 4.40. The van der Waals surface area contributed by atoms with Gasteiger partial charge in [-0.1, -0.05) is 25.1 Å². The molecule has 0 saturated heterocycles. The van der Waals surface area contributed by atoms with Crippen LogP contribution in [0.1, 0.15) is 12.6 Å². The molecule has 3 rings (SSSR count). The molecule has 0 radical (unpaired) electrons. The van der Waals surface area contributed by atoms with Crippen molar-refractivity contribution < 1.29 is 0 Å². The quantitative estimate of drug-likeness (QED) is 0.776. The molecule has 0 aliphatic heterocycles. The van der Waals surface area contributed by atoms with Gasteiger partial charge in [0.15, 0.2) is 0 Å². The molecule has 19 heavy (non-hydrogen) atoms. The van der Waals surface area contributed by atoms with Gasteiger partial charge in [-0.2, -0.15) is 0 Å². The molecule has 1 N–H and O–H groups in total. The molecular weight excluding hydrogens is 236 g/mol. The Kier molecular flexibility index (Phi) is 3.25. The van der Waals surface area contributed by atoms with Crippen molar-refractivity contribution in [2.24, 2.45) is 0 Å². The van der Waals surface area contributed by atoms with E-state index >= 15 is 0 Å². The maximum atomic E-state index is 4.69. The van der Waals surface area contributed by atoms with Gasteiger partial charge in [0, 0.05) is 24.3 Å². The van der Waals surface area contributed by atoms with Crippen molar-refractivity contribution in [3.63, 3.8) is 0 Å². The third-order valence-electron chi connectivity index (χ3n) is 3.09. The molecule has 0 bridgehead atoms. The molecule has 0 unspecified atom stereocenters. The molecule has 0 aliphatic rings. The van der Waals surface area contributed by atoms with Gasteiger partial charge in [0.2, 0.25) is 0 Å². The van der Waals surface area contributed by atoms with Crippen LogP contribution >= 0.6 is 0 Å². The van der Waals surface area contributed by atoms with Crippen molar-refractivity contribution in [3.05, 3.63) is 54.7 Å². The highest BCUT2D eigenvalue weighted by atomic mass is 15.0. The Morgan fingerprint density at radius 1 is 1.26 bits per heavy atom. The third kappa shape index (κ3) is 2.35. The minimum Gasteiger partial charge on any atom is -0.311 e. The number of hydrogen-bond acceptors (Lipinski definition) is 3. The Bertz CT molecular complexity index is 674. The van der Waals surface area contributed by atoms with E-state index in [2.05, 4.69) is 34.3 Å². The number of aromatic nitrogens is 3. The zero-order chi connectivity index (χ0) is 13.1. The molecule has 0 fully saturated rings. The standard InChI is InChI=1S/C15H16N4/c1-2-16-10-12-9-15(19-8-7-17-11-19)13-5-3-4-6-14(13)18-12/h3-9,11,16H,2,10H2,1H3. The molecule has 4 nitrogen and oxygen atoms in total. The molecule has 2 heterocycles. The number of imidazole rings is 1. The Morgan fingerprint density at radius 3 is 2.95 bits per heavy atom. The molecular formula is C15H16N4. The Labute approximate surface area is 112 Å². The van der Waals surface area contributed by atoms with Crippen LogP contribution in [0, 0.1) is 0 Å². The van der Waals surface area contributed by atoms with Crippen molar-refractivity contribution in [1.29, 1.82) is 0 Å². The molecule has 4 heteroatoms. The fourth-order valence-electron chi connectivity index (χ4n) is 2.17. The van der Waals surface area contributed by atoms with Crippen LogP contribution in [0.4, 0.5) is 0 Å². The number of para-hydroxylation sites is 1. The van der Waals surface area contributed by atoms with Crippen molar-refractivity contribution in [2.75, 3.05) is 6.54 Å². The number of hydrogen-bond donors (Lipinski definition) is 1. The normalized spacial score (nSPS) is 11.0. The summed E-state index contributed by atoms with van der Waals surface area (Å²) < 4.78 is 2.03. The van der Waals surface area contributed by atoms with Crippen LogP contribution in [0.2, 0.25) is 0 Å². The summed E-state index contributed by atoms with van der Waals surface area (Å²) in [5.41, 5.74) is 3.18. The van der Waals surface area contributed by atoms with Gasteiger partial charge in [0.25, 0.3) is 0 Å². The van der Waals surface area contributed by atoms with Gasteiger partial charge in [-0.25, -0.2) is 4.98 Å². The van der Waals surface area contributed by atoms with E-state index in [1.807, 2.05) is 35.3 Å². The number of benzene rings is 1. The van der Waals surface area contributed by atoms with E-state index in [1.165, 1.54) is 0 Å². The monoisotopic (exact) mass is 252 g/mol. The van der Waals surface area contributed by atoms with Gasteiger partial charge in [0.05, 0.1) is 23.2 Å². The Hall–Kier alpha value is -2.20. The van der Waals surface area contributed by atoms with E-state index in [1.54, 1.807) is 6.20 Å². The average molecular weight is 252 g/mol. The van der Waals surface area contributed by atoms with Crippen LogP contribution in [-0.2, 0) is 6.54 Å².